The summed E-state index contributed by atoms with van der Waals surface area (Å²) >= 11 is 0. The van der Waals surface area contributed by atoms with E-state index in [2.05, 4.69) is 26.0 Å². The molecule has 156 valence electrons. The summed E-state index contributed by atoms with van der Waals surface area (Å²) in [5.74, 6) is -0.0487. The van der Waals surface area contributed by atoms with Crippen LogP contribution in [0.3, 0.4) is 0 Å². The van der Waals surface area contributed by atoms with E-state index in [9.17, 15) is 14.4 Å². The Morgan fingerprint density at radius 2 is 1.90 bits per heavy atom. The van der Waals surface area contributed by atoms with Crippen LogP contribution in [0.15, 0.2) is 23.8 Å². The Morgan fingerprint density at radius 3 is 2.66 bits per heavy atom. The molecule has 0 radical (unpaired) electrons. The lowest BCUT2D eigenvalue weighted by molar-refractivity contribution is -0.167. The molecular weight excluding hydrogens is 368 g/mol. The molecule has 1 spiro atoms. The molecule has 1 saturated heterocycles. The van der Waals surface area contributed by atoms with Gasteiger partial charge in [0, 0.05) is 18.3 Å². The topological polar surface area (TPSA) is 69.7 Å². The Labute approximate surface area is 171 Å². The highest BCUT2D eigenvalue weighted by molar-refractivity contribution is 5.96. The van der Waals surface area contributed by atoms with Gasteiger partial charge < -0.3 is 9.47 Å². The van der Waals surface area contributed by atoms with Crippen molar-refractivity contribution in [3.05, 3.63) is 23.8 Å². The van der Waals surface area contributed by atoms with Crippen molar-refractivity contribution in [1.29, 1.82) is 0 Å². The minimum atomic E-state index is -0.786. The number of hydrogen-bond donors (Lipinski definition) is 0. The van der Waals surface area contributed by atoms with Gasteiger partial charge in [-0.05, 0) is 66.9 Å². The van der Waals surface area contributed by atoms with Crippen LogP contribution in [0.1, 0.15) is 58.8 Å². The minimum absolute atomic E-state index is 0.0608. The highest BCUT2D eigenvalue weighted by Gasteiger charge is 2.68. The monoisotopic (exact) mass is 398 g/mol. The van der Waals surface area contributed by atoms with Gasteiger partial charge in [-0.3, -0.25) is 14.4 Å². The minimum Gasteiger partial charge on any atom is -0.468 e. The van der Waals surface area contributed by atoms with Crippen LogP contribution in [0, 0.1) is 34.5 Å². The molecule has 1 unspecified atom stereocenters. The smallest absolute Gasteiger partial charge is 0.321 e. The van der Waals surface area contributed by atoms with Crippen molar-refractivity contribution in [2.24, 2.45) is 34.5 Å². The third kappa shape index (κ3) is 2.36. The fraction of sp³-hybridized carbons (Fsp3) is 0.708. The molecule has 3 fully saturated rings. The summed E-state index contributed by atoms with van der Waals surface area (Å²) < 4.78 is 10.9. The number of carbonyl (C=O) groups excluding carboxylic acids is 3. The maximum atomic E-state index is 12.5. The van der Waals surface area contributed by atoms with Crippen molar-refractivity contribution < 1.29 is 23.9 Å². The molecule has 29 heavy (non-hydrogen) atoms. The predicted molar refractivity (Wildman–Crippen MR) is 106 cm³/mol. The zero-order chi connectivity index (χ0) is 20.6. The lowest BCUT2D eigenvalue weighted by Gasteiger charge is -2.57. The lowest BCUT2D eigenvalue weighted by atomic mass is 9.48. The van der Waals surface area contributed by atoms with Crippen LogP contribution in [0.25, 0.3) is 0 Å². The quantitative estimate of drug-likeness (QED) is 0.497. The second kappa shape index (κ2) is 6.05. The second-order valence-corrected chi connectivity index (χ2v) is 10.3. The molecule has 0 aromatic rings. The first kappa shape index (κ1) is 19.1. The summed E-state index contributed by atoms with van der Waals surface area (Å²) in [5.41, 5.74) is 0.584. The van der Waals surface area contributed by atoms with Gasteiger partial charge in [-0.1, -0.05) is 26.0 Å². The van der Waals surface area contributed by atoms with E-state index < -0.39 is 23.5 Å². The maximum Gasteiger partial charge on any atom is 0.321 e. The SMILES string of the molecule is COC(=O)C1C[C@@]2(CC[C@H]3[C@@H]4C=CC5=CC(=O)CC[C@]5(C)[C@H]4CC[C@@]32C)OC1=O. The van der Waals surface area contributed by atoms with Crippen molar-refractivity contribution in [3.63, 3.8) is 0 Å². The van der Waals surface area contributed by atoms with E-state index in [1.165, 1.54) is 12.7 Å². The van der Waals surface area contributed by atoms with Crippen molar-refractivity contribution in [2.75, 3.05) is 7.11 Å². The Bertz CT molecular complexity index is 855. The van der Waals surface area contributed by atoms with E-state index in [0.29, 0.717) is 30.6 Å². The molecule has 5 aliphatic rings. The zero-order valence-corrected chi connectivity index (χ0v) is 17.5. The maximum absolute atomic E-state index is 12.5. The van der Waals surface area contributed by atoms with E-state index in [1.807, 2.05) is 6.08 Å². The first-order chi connectivity index (χ1) is 13.7. The van der Waals surface area contributed by atoms with Crippen LogP contribution < -0.4 is 0 Å². The van der Waals surface area contributed by atoms with Crippen LogP contribution in [0.4, 0.5) is 0 Å². The van der Waals surface area contributed by atoms with E-state index in [1.54, 1.807) is 0 Å². The first-order valence-corrected chi connectivity index (χ1v) is 11.0. The lowest BCUT2D eigenvalue weighted by Crippen LogP contribution is -2.53. The third-order valence-electron chi connectivity index (χ3n) is 9.41. The Balaban J connectivity index is 1.49. The summed E-state index contributed by atoms with van der Waals surface area (Å²) in [4.78, 5) is 36.6. The summed E-state index contributed by atoms with van der Waals surface area (Å²) in [7, 11) is 1.33. The number of methoxy groups -OCH3 is 1. The van der Waals surface area contributed by atoms with E-state index in [-0.39, 0.29) is 16.6 Å². The highest BCUT2D eigenvalue weighted by atomic mass is 16.6. The predicted octanol–water partition coefficient (Wildman–Crippen LogP) is 3.77. The fourth-order valence-electron chi connectivity index (χ4n) is 7.63. The fourth-order valence-corrected chi connectivity index (χ4v) is 7.63. The van der Waals surface area contributed by atoms with Gasteiger partial charge in [0.25, 0.3) is 0 Å². The normalized spacial score (nSPS) is 47.9. The van der Waals surface area contributed by atoms with Crippen molar-refractivity contribution in [3.8, 4) is 0 Å². The molecule has 0 amide bonds. The van der Waals surface area contributed by atoms with E-state index in [0.717, 1.165) is 32.1 Å². The molecular formula is C24H30O5. The van der Waals surface area contributed by atoms with Gasteiger partial charge in [0.05, 0.1) is 7.11 Å². The number of ether oxygens (including phenoxy) is 2. The van der Waals surface area contributed by atoms with Crippen LogP contribution in [-0.2, 0) is 23.9 Å². The molecule has 1 aliphatic heterocycles. The Kier molecular flexibility index (Phi) is 3.98. The van der Waals surface area contributed by atoms with Crippen molar-refractivity contribution in [2.45, 2.75) is 64.4 Å². The first-order valence-electron chi connectivity index (χ1n) is 11.0. The van der Waals surface area contributed by atoms with Gasteiger partial charge in [0.1, 0.15) is 5.60 Å². The standard InChI is InChI=1S/C24H30O5/c1-22-9-6-15(25)12-14(22)4-5-16-18(22)7-10-23(2)19(16)8-11-24(23)13-17(20(26)28-3)21(27)29-24/h4-5,12,16-19H,6-11,13H2,1-3H3/t16-,17?,18+,19+,22+,23+,24-/m1/s1. The summed E-state index contributed by atoms with van der Waals surface area (Å²) in [5, 5.41) is 0. The molecule has 5 nitrogen and oxygen atoms in total. The van der Waals surface area contributed by atoms with Crippen molar-refractivity contribution >= 4 is 17.7 Å². The Hall–Kier alpha value is -1.91. The van der Waals surface area contributed by atoms with Gasteiger partial charge in [0.15, 0.2) is 11.7 Å². The van der Waals surface area contributed by atoms with E-state index >= 15 is 0 Å². The Morgan fingerprint density at radius 1 is 1.14 bits per heavy atom. The number of carbonyl (C=O) groups is 3. The van der Waals surface area contributed by atoms with Gasteiger partial charge in [-0.2, -0.15) is 0 Å². The molecule has 5 rings (SSSR count). The molecule has 5 heteroatoms. The number of hydrogen-bond acceptors (Lipinski definition) is 5. The molecule has 0 aromatic carbocycles. The van der Waals surface area contributed by atoms with Crippen LogP contribution in [0.5, 0.6) is 0 Å². The molecule has 2 saturated carbocycles. The van der Waals surface area contributed by atoms with Crippen molar-refractivity contribution in [1.82, 2.24) is 0 Å². The molecule has 4 aliphatic carbocycles. The van der Waals surface area contributed by atoms with Crippen LogP contribution >= 0.6 is 0 Å². The zero-order valence-electron chi connectivity index (χ0n) is 17.5. The average Bonchev–Trinajstić information content (AvgIpc) is 3.19. The summed E-state index contributed by atoms with van der Waals surface area (Å²) in [6, 6.07) is 0. The average molecular weight is 398 g/mol. The molecule has 1 heterocycles. The second-order valence-electron chi connectivity index (χ2n) is 10.3. The number of rotatable bonds is 1. The molecule has 0 N–H and O–H groups in total. The van der Waals surface area contributed by atoms with Gasteiger partial charge in [0.2, 0.25) is 0 Å². The van der Waals surface area contributed by atoms with Gasteiger partial charge in [-0.15, -0.1) is 0 Å². The molecule has 7 atom stereocenters. The summed E-state index contributed by atoms with van der Waals surface area (Å²) in [6.45, 7) is 4.61. The third-order valence-corrected chi connectivity index (χ3v) is 9.41. The number of ketones is 1. The molecule has 0 aromatic heterocycles. The van der Waals surface area contributed by atoms with Gasteiger partial charge >= 0.3 is 11.9 Å². The molecule has 0 bridgehead atoms. The highest BCUT2D eigenvalue weighted by Crippen LogP contribution is 2.69. The number of allylic oxidation sites excluding steroid dienone is 4. The van der Waals surface area contributed by atoms with Crippen LogP contribution in [-0.4, -0.2) is 30.4 Å². The summed E-state index contributed by atoms with van der Waals surface area (Å²) in [6.07, 6.45) is 12.3. The number of fused-ring (bicyclic) bond motifs is 6. The van der Waals surface area contributed by atoms with Crippen LogP contribution in [0.2, 0.25) is 0 Å². The van der Waals surface area contributed by atoms with Gasteiger partial charge in [-0.25, -0.2) is 0 Å². The largest absolute Gasteiger partial charge is 0.468 e. The number of esters is 2. The van der Waals surface area contributed by atoms with E-state index in [4.69, 9.17) is 9.47 Å².